The Labute approximate surface area is 79.9 Å². The molecule has 1 N–H and O–H groups in total. The van der Waals surface area contributed by atoms with Gasteiger partial charge in [-0.3, -0.25) is 4.79 Å². The van der Waals surface area contributed by atoms with Crippen molar-refractivity contribution in [1.29, 1.82) is 0 Å². The number of hydrogen-bond acceptors (Lipinski definition) is 1. The Balaban J connectivity index is 2.12. The molecule has 0 unspecified atom stereocenters. The molecule has 1 aliphatic rings. The minimum atomic E-state index is -0.675. The first-order valence-electron chi connectivity index (χ1n) is 5.03. The molecule has 0 bridgehead atoms. The van der Waals surface area contributed by atoms with Crippen LogP contribution in [-0.2, 0) is 4.79 Å². The maximum absolute atomic E-state index is 10.3. The summed E-state index contributed by atoms with van der Waals surface area (Å²) < 4.78 is 0.984. The van der Waals surface area contributed by atoms with Gasteiger partial charge in [0.25, 0.3) is 0 Å². The fourth-order valence-corrected chi connectivity index (χ4v) is 1.75. The number of rotatable bonds is 6. The van der Waals surface area contributed by atoms with Crippen LogP contribution in [0.1, 0.15) is 25.7 Å². The molecule has 0 aromatic rings. The van der Waals surface area contributed by atoms with E-state index in [4.69, 9.17) is 5.11 Å². The summed E-state index contributed by atoms with van der Waals surface area (Å²) in [5.74, 6) is 0.242. The largest absolute Gasteiger partial charge is 0.481 e. The second-order valence-corrected chi connectivity index (χ2v) is 4.78. The van der Waals surface area contributed by atoms with Crippen molar-refractivity contribution in [1.82, 2.24) is 0 Å². The van der Waals surface area contributed by atoms with Crippen molar-refractivity contribution in [2.24, 2.45) is 5.92 Å². The third-order valence-electron chi connectivity index (χ3n) is 2.60. The van der Waals surface area contributed by atoms with Crippen molar-refractivity contribution in [2.75, 3.05) is 27.2 Å². The average molecular weight is 186 g/mol. The van der Waals surface area contributed by atoms with Gasteiger partial charge in [0, 0.05) is 12.3 Å². The highest BCUT2D eigenvalue weighted by molar-refractivity contribution is 5.66. The normalized spacial score (nSPS) is 17.4. The van der Waals surface area contributed by atoms with Gasteiger partial charge in [0.2, 0.25) is 0 Å². The van der Waals surface area contributed by atoms with E-state index in [1.165, 1.54) is 19.4 Å². The molecule has 0 saturated heterocycles. The lowest BCUT2D eigenvalue weighted by Gasteiger charge is -2.29. The summed E-state index contributed by atoms with van der Waals surface area (Å²) >= 11 is 0. The summed E-state index contributed by atoms with van der Waals surface area (Å²) in [5, 5.41) is 8.50. The fraction of sp³-hybridized carbons (Fsp3) is 0.900. The van der Waals surface area contributed by atoms with E-state index in [-0.39, 0.29) is 0 Å². The molecule has 1 saturated carbocycles. The summed E-state index contributed by atoms with van der Waals surface area (Å²) in [6, 6.07) is 0. The van der Waals surface area contributed by atoms with Crippen molar-refractivity contribution in [2.45, 2.75) is 25.7 Å². The Hall–Kier alpha value is -0.570. The molecule has 0 atom stereocenters. The van der Waals surface area contributed by atoms with E-state index in [0.717, 1.165) is 23.4 Å². The number of carbonyl (C=O) groups is 1. The highest BCUT2D eigenvalue weighted by Gasteiger charge is 2.29. The molecule has 13 heavy (non-hydrogen) atoms. The van der Waals surface area contributed by atoms with Gasteiger partial charge < -0.3 is 9.59 Å². The lowest BCUT2D eigenvalue weighted by molar-refractivity contribution is -0.892. The average Bonchev–Trinajstić information content (AvgIpc) is 2.68. The van der Waals surface area contributed by atoms with Gasteiger partial charge in [0.05, 0.1) is 33.6 Å². The van der Waals surface area contributed by atoms with Crippen molar-refractivity contribution < 1.29 is 14.4 Å². The van der Waals surface area contributed by atoms with Gasteiger partial charge >= 0.3 is 5.97 Å². The molecule has 0 aliphatic heterocycles. The van der Waals surface area contributed by atoms with E-state index >= 15 is 0 Å². The second kappa shape index (κ2) is 4.09. The Bertz CT molecular complexity index is 185. The SMILES string of the molecule is C[N+](C)(CCCC(=O)O)CC1CC1. The van der Waals surface area contributed by atoms with Crippen LogP contribution in [0.5, 0.6) is 0 Å². The van der Waals surface area contributed by atoms with E-state index in [1.807, 2.05) is 0 Å². The number of nitrogens with zero attached hydrogens (tertiary/aromatic N) is 1. The van der Waals surface area contributed by atoms with Gasteiger partial charge in [0.15, 0.2) is 0 Å². The van der Waals surface area contributed by atoms with Gasteiger partial charge in [-0.25, -0.2) is 0 Å². The van der Waals surface area contributed by atoms with E-state index in [9.17, 15) is 4.79 Å². The molecule has 76 valence electrons. The van der Waals surface area contributed by atoms with Gasteiger partial charge in [-0.1, -0.05) is 0 Å². The summed E-state index contributed by atoms with van der Waals surface area (Å²) in [4.78, 5) is 10.3. The molecule has 0 spiro atoms. The van der Waals surface area contributed by atoms with Crippen molar-refractivity contribution in [3.63, 3.8) is 0 Å². The third-order valence-corrected chi connectivity index (χ3v) is 2.60. The Morgan fingerprint density at radius 3 is 2.54 bits per heavy atom. The van der Waals surface area contributed by atoms with Crippen molar-refractivity contribution in [3.05, 3.63) is 0 Å². The Morgan fingerprint density at radius 1 is 1.46 bits per heavy atom. The lowest BCUT2D eigenvalue weighted by atomic mass is 10.2. The van der Waals surface area contributed by atoms with Crippen LogP contribution < -0.4 is 0 Å². The monoisotopic (exact) mass is 186 g/mol. The first-order valence-corrected chi connectivity index (χ1v) is 5.03. The number of hydrogen-bond donors (Lipinski definition) is 1. The molecular weight excluding hydrogens is 166 g/mol. The number of aliphatic carboxylic acids is 1. The molecule has 3 heteroatoms. The summed E-state index contributed by atoms with van der Waals surface area (Å²) in [6.45, 7) is 2.21. The minimum absolute atomic E-state index is 0.312. The first-order chi connectivity index (χ1) is 5.99. The van der Waals surface area contributed by atoms with Crippen LogP contribution in [0.15, 0.2) is 0 Å². The molecule has 0 radical (unpaired) electrons. The molecular formula is C10H20NO2+. The Morgan fingerprint density at radius 2 is 2.08 bits per heavy atom. The van der Waals surface area contributed by atoms with E-state index in [0.29, 0.717) is 6.42 Å². The summed E-state index contributed by atoms with van der Waals surface area (Å²) in [5.41, 5.74) is 0. The van der Waals surface area contributed by atoms with Crippen LogP contribution in [0.2, 0.25) is 0 Å². The summed E-state index contributed by atoms with van der Waals surface area (Å²) in [7, 11) is 4.39. The van der Waals surface area contributed by atoms with Crippen LogP contribution in [-0.4, -0.2) is 42.7 Å². The van der Waals surface area contributed by atoms with Crippen molar-refractivity contribution in [3.8, 4) is 0 Å². The van der Waals surface area contributed by atoms with E-state index < -0.39 is 5.97 Å². The molecule has 1 fully saturated rings. The molecule has 0 amide bonds. The molecule has 0 aromatic heterocycles. The van der Waals surface area contributed by atoms with E-state index in [1.54, 1.807) is 0 Å². The molecule has 0 heterocycles. The van der Waals surface area contributed by atoms with Crippen LogP contribution in [0.25, 0.3) is 0 Å². The molecule has 1 aliphatic carbocycles. The fourth-order valence-electron chi connectivity index (χ4n) is 1.75. The smallest absolute Gasteiger partial charge is 0.303 e. The van der Waals surface area contributed by atoms with Gasteiger partial charge in [-0.15, -0.1) is 0 Å². The first kappa shape index (κ1) is 10.5. The maximum Gasteiger partial charge on any atom is 0.303 e. The Kier molecular flexibility index (Phi) is 3.31. The number of quaternary nitrogens is 1. The lowest BCUT2D eigenvalue weighted by Crippen LogP contribution is -2.42. The predicted octanol–water partition coefficient (Wildman–Crippen LogP) is 1.34. The zero-order chi connectivity index (χ0) is 9.90. The van der Waals surface area contributed by atoms with E-state index in [2.05, 4.69) is 14.1 Å². The third kappa shape index (κ3) is 4.88. The topological polar surface area (TPSA) is 37.3 Å². The van der Waals surface area contributed by atoms with Gasteiger partial charge in [-0.2, -0.15) is 0 Å². The zero-order valence-corrected chi connectivity index (χ0v) is 8.62. The quantitative estimate of drug-likeness (QED) is 0.635. The van der Waals surface area contributed by atoms with Crippen molar-refractivity contribution >= 4 is 5.97 Å². The molecule has 3 nitrogen and oxygen atoms in total. The van der Waals surface area contributed by atoms with Gasteiger partial charge in [-0.05, 0) is 12.8 Å². The van der Waals surface area contributed by atoms with Crippen LogP contribution in [0.4, 0.5) is 0 Å². The molecule has 0 aromatic carbocycles. The minimum Gasteiger partial charge on any atom is -0.481 e. The number of carboxylic acids is 1. The van der Waals surface area contributed by atoms with Crippen LogP contribution >= 0.6 is 0 Å². The van der Waals surface area contributed by atoms with Crippen LogP contribution in [0, 0.1) is 5.92 Å². The second-order valence-electron chi connectivity index (χ2n) is 4.78. The maximum atomic E-state index is 10.3. The summed E-state index contributed by atoms with van der Waals surface area (Å²) in [6.07, 6.45) is 3.86. The predicted molar refractivity (Wildman–Crippen MR) is 51.4 cm³/mol. The highest BCUT2D eigenvalue weighted by atomic mass is 16.4. The molecule has 1 rings (SSSR count). The highest BCUT2D eigenvalue weighted by Crippen LogP contribution is 2.31. The standard InChI is InChI=1S/C10H19NO2/c1-11(2,8-9-5-6-9)7-3-4-10(12)13/h9H,3-8H2,1-2H3/p+1. The van der Waals surface area contributed by atoms with Crippen LogP contribution in [0.3, 0.4) is 0 Å². The zero-order valence-electron chi connectivity index (χ0n) is 8.62. The number of carboxylic acid groups (broad SMARTS) is 1. The van der Waals surface area contributed by atoms with Gasteiger partial charge in [0.1, 0.15) is 0 Å².